The molecule has 0 aliphatic rings. The zero-order chi connectivity index (χ0) is 21.6. The van der Waals surface area contributed by atoms with Gasteiger partial charge >= 0.3 is 12.1 Å². The highest BCUT2D eigenvalue weighted by molar-refractivity contribution is 5.95. The number of halogens is 3. The number of unbranched alkanes of at least 4 members (excludes halogenated alkanes) is 1. The highest BCUT2D eigenvalue weighted by Gasteiger charge is 2.36. The molecule has 0 saturated carbocycles. The molecule has 3 N–H and O–H groups in total. The van der Waals surface area contributed by atoms with Crippen LogP contribution in [0.3, 0.4) is 0 Å². The van der Waals surface area contributed by atoms with E-state index >= 15 is 0 Å². The molecule has 0 spiro atoms. The van der Waals surface area contributed by atoms with Crippen LogP contribution < -0.4 is 10.5 Å². The third-order valence-corrected chi connectivity index (χ3v) is 4.37. The smallest absolute Gasteiger partial charge is 0.419 e. The van der Waals surface area contributed by atoms with E-state index in [1.165, 1.54) is 19.2 Å². The third kappa shape index (κ3) is 5.73. The Morgan fingerprint density at radius 3 is 2.28 bits per heavy atom. The van der Waals surface area contributed by atoms with Crippen LogP contribution in [-0.4, -0.2) is 25.0 Å². The Morgan fingerprint density at radius 2 is 1.76 bits per heavy atom. The minimum absolute atomic E-state index is 0.128. The van der Waals surface area contributed by atoms with Crippen LogP contribution in [0.1, 0.15) is 37.3 Å². The first-order chi connectivity index (χ1) is 13.7. The number of nitrogen functional groups attached to an aromatic ring is 1. The minimum Gasteiger partial charge on any atom is -0.478 e. The highest BCUT2D eigenvalue weighted by Crippen LogP contribution is 2.39. The lowest BCUT2D eigenvalue weighted by molar-refractivity contribution is -0.151. The van der Waals surface area contributed by atoms with Crippen molar-refractivity contribution in [2.75, 3.05) is 7.11 Å². The maximum absolute atomic E-state index is 13.7. The molecule has 2 aromatic rings. The summed E-state index contributed by atoms with van der Waals surface area (Å²) in [4.78, 5) is 11.9. The summed E-state index contributed by atoms with van der Waals surface area (Å²) in [5.74, 6) is -1.26. The topological polar surface area (TPSA) is 85.4 Å². The van der Waals surface area contributed by atoms with Crippen molar-refractivity contribution in [3.8, 4) is 16.9 Å². The van der Waals surface area contributed by atoms with E-state index in [1.54, 1.807) is 24.3 Å². The lowest BCUT2D eigenvalue weighted by Gasteiger charge is -2.20. The van der Waals surface area contributed by atoms with Gasteiger partial charge in [-0.25, -0.2) is 4.79 Å². The molecule has 0 fully saturated rings. The van der Waals surface area contributed by atoms with E-state index in [2.05, 4.69) is 4.74 Å². The number of amidine groups is 1. The summed E-state index contributed by atoms with van der Waals surface area (Å²) in [6, 6.07) is 9.98. The molecule has 2 aromatic carbocycles. The monoisotopic (exact) mass is 408 g/mol. The van der Waals surface area contributed by atoms with Gasteiger partial charge in [-0.3, -0.25) is 5.41 Å². The van der Waals surface area contributed by atoms with Crippen LogP contribution in [0.5, 0.6) is 5.75 Å². The Labute approximate surface area is 167 Å². The molecule has 1 atom stereocenters. The van der Waals surface area contributed by atoms with Gasteiger partial charge in [0.25, 0.3) is 0 Å². The number of nitrogens with two attached hydrogens (primary N) is 1. The summed E-state index contributed by atoms with van der Waals surface area (Å²) < 4.78 is 51.1. The summed E-state index contributed by atoms with van der Waals surface area (Å²) in [6.07, 6.45) is -4.15. The molecule has 0 saturated heterocycles. The molecule has 2 rings (SSSR count). The van der Waals surface area contributed by atoms with Gasteiger partial charge in [0.05, 0.1) is 12.7 Å². The van der Waals surface area contributed by atoms with Crippen molar-refractivity contribution >= 4 is 11.8 Å². The van der Waals surface area contributed by atoms with Crippen LogP contribution in [0.2, 0.25) is 0 Å². The molecule has 0 amide bonds. The second-order valence-electron chi connectivity index (χ2n) is 6.47. The molecule has 29 heavy (non-hydrogen) atoms. The molecule has 0 aliphatic heterocycles. The largest absolute Gasteiger partial charge is 0.478 e. The quantitative estimate of drug-likeness (QED) is 0.374. The van der Waals surface area contributed by atoms with Crippen LogP contribution in [0.15, 0.2) is 42.5 Å². The number of nitrogens with one attached hydrogen (secondary N) is 1. The standard InChI is InChI=1S/C21H23F3N2O3/c1-3-4-5-18(20(27)28-2)29-17-11-10-15(12-16(17)21(22,23)24)13-6-8-14(9-7-13)19(25)26/h6-12,18H,3-5H2,1-2H3,(H3,25,26). The lowest BCUT2D eigenvalue weighted by atomic mass is 10.0. The number of benzene rings is 2. The molecule has 0 aromatic heterocycles. The normalized spacial score (nSPS) is 12.3. The van der Waals surface area contributed by atoms with E-state index in [-0.39, 0.29) is 12.3 Å². The first-order valence-electron chi connectivity index (χ1n) is 9.08. The fourth-order valence-corrected chi connectivity index (χ4v) is 2.78. The fourth-order valence-electron chi connectivity index (χ4n) is 2.78. The van der Waals surface area contributed by atoms with Crippen molar-refractivity contribution in [3.63, 3.8) is 0 Å². The minimum atomic E-state index is -4.67. The van der Waals surface area contributed by atoms with Gasteiger partial charge in [0.15, 0.2) is 6.10 Å². The van der Waals surface area contributed by atoms with Crippen LogP contribution in [0.4, 0.5) is 13.2 Å². The lowest BCUT2D eigenvalue weighted by Crippen LogP contribution is -2.29. The number of carbonyl (C=O) groups is 1. The molecule has 8 heteroatoms. The van der Waals surface area contributed by atoms with Crippen LogP contribution in [0, 0.1) is 5.41 Å². The van der Waals surface area contributed by atoms with Gasteiger partial charge in [-0.15, -0.1) is 0 Å². The van der Waals surface area contributed by atoms with Gasteiger partial charge in [-0.2, -0.15) is 13.2 Å². The van der Waals surface area contributed by atoms with Crippen molar-refractivity contribution in [2.45, 2.75) is 38.5 Å². The Hall–Kier alpha value is -3.03. The van der Waals surface area contributed by atoms with Crippen LogP contribution in [0.25, 0.3) is 11.1 Å². The molecular weight excluding hydrogens is 385 g/mol. The van der Waals surface area contributed by atoms with Gasteiger partial charge in [0.2, 0.25) is 0 Å². The molecule has 0 aliphatic carbocycles. The first kappa shape index (κ1) is 22.3. The van der Waals surface area contributed by atoms with Crippen molar-refractivity contribution in [2.24, 2.45) is 5.73 Å². The zero-order valence-electron chi connectivity index (χ0n) is 16.2. The maximum Gasteiger partial charge on any atom is 0.419 e. The van der Waals surface area contributed by atoms with Crippen LogP contribution in [-0.2, 0) is 15.7 Å². The van der Waals surface area contributed by atoms with Gasteiger partial charge in [-0.1, -0.05) is 43.7 Å². The predicted molar refractivity (Wildman–Crippen MR) is 104 cm³/mol. The molecular formula is C21H23F3N2O3. The highest BCUT2D eigenvalue weighted by atomic mass is 19.4. The molecule has 1 unspecified atom stereocenters. The second kappa shape index (κ2) is 9.45. The Bertz CT molecular complexity index is 864. The fraction of sp³-hybridized carbons (Fsp3) is 0.333. The number of hydrogen-bond acceptors (Lipinski definition) is 4. The third-order valence-electron chi connectivity index (χ3n) is 4.37. The average molecular weight is 408 g/mol. The van der Waals surface area contributed by atoms with Gasteiger partial charge in [0.1, 0.15) is 11.6 Å². The summed E-state index contributed by atoms with van der Waals surface area (Å²) in [7, 11) is 1.17. The van der Waals surface area contributed by atoms with Crippen molar-refractivity contribution in [1.29, 1.82) is 5.41 Å². The predicted octanol–water partition coefficient (Wildman–Crippen LogP) is 4.77. The first-order valence-corrected chi connectivity index (χ1v) is 9.08. The zero-order valence-corrected chi connectivity index (χ0v) is 16.2. The molecule has 0 radical (unpaired) electrons. The van der Waals surface area contributed by atoms with Crippen LogP contribution >= 0.6 is 0 Å². The van der Waals surface area contributed by atoms with Crippen molar-refractivity contribution in [3.05, 3.63) is 53.6 Å². The van der Waals surface area contributed by atoms with Gasteiger partial charge in [0, 0.05) is 5.56 Å². The van der Waals surface area contributed by atoms with E-state index in [0.717, 1.165) is 12.5 Å². The SMILES string of the molecule is CCCCC(Oc1ccc(-c2ccc(C(=N)N)cc2)cc1C(F)(F)F)C(=O)OC. The molecule has 156 valence electrons. The number of methoxy groups -OCH3 is 1. The average Bonchev–Trinajstić information content (AvgIpc) is 2.69. The van der Waals surface area contributed by atoms with Crippen molar-refractivity contribution in [1.82, 2.24) is 0 Å². The second-order valence-corrected chi connectivity index (χ2v) is 6.47. The summed E-state index contributed by atoms with van der Waals surface area (Å²) in [6.45, 7) is 1.90. The van der Waals surface area contributed by atoms with E-state index in [0.29, 0.717) is 23.1 Å². The summed E-state index contributed by atoms with van der Waals surface area (Å²) in [5, 5.41) is 7.39. The van der Waals surface area contributed by atoms with Gasteiger partial charge < -0.3 is 15.2 Å². The number of alkyl halides is 3. The Morgan fingerprint density at radius 1 is 1.14 bits per heavy atom. The molecule has 0 heterocycles. The number of rotatable bonds is 8. The Kier molecular flexibility index (Phi) is 7.25. The van der Waals surface area contributed by atoms with E-state index < -0.39 is 29.6 Å². The van der Waals surface area contributed by atoms with Crippen molar-refractivity contribution < 1.29 is 27.4 Å². The maximum atomic E-state index is 13.7. The number of esters is 1. The molecule has 5 nitrogen and oxygen atoms in total. The summed E-state index contributed by atoms with van der Waals surface area (Å²) >= 11 is 0. The number of carbonyl (C=O) groups excluding carboxylic acids is 1. The van der Waals surface area contributed by atoms with Gasteiger partial charge in [-0.05, 0) is 36.1 Å². The van der Waals surface area contributed by atoms with E-state index in [9.17, 15) is 18.0 Å². The molecule has 0 bridgehead atoms. The van der Waals surface area contributed by atoms with E-state index in [4.69, 9.17) is 15.9 Å². The Balaban J connectivity index is 2.41. The number of ether oxygens (including phenoxy) is 2. The summed E-state index contributed by atoms with van der Waals surface area (Å²) in [5.41, 5.74) is 5.75. The van der Waals surface area contributed by atoms with E-state index in [1.807, 2.05) is 6.92 Å². The number of hydrogen-bond donors (Lipinski definition) is 2.